The van der Waals surface area contributed by atoms with E-state index in [2.05, 4.69) is 0 Å². The van der Waals surface area contributed by atoms with Gasteiger partial charge in [0.2, 0.25) is 0 Å². The van der Waals surface area contributed by atoms with Gasteiger partial charge in [0, 0.05) is 24.6 Å². The van der Waals surface area contributed by atoms with Crippen LogP contribution in [0.25, 0.3) is 0 Å². The molecular weight excluding hydrogens is 289 g/mol. The lowest BCUT2D eigenvalue weighted by Gasteiger charge is -2.38. The Hall–Kier alpha value is -2.11. The lowest BCUT2D eigenvalue weighted by molar-refractivity contribution is -0.159. The highest BCUT2D eigenvalue weighted by Gasteiger charge is 2.34. The molecule has 1 N–H and O–H groups in total. The molecule has 0 aliphatic carbocycles. The van der Waals surface area contributed by atoms with Gasteiger partial charge in [-0.15, -0.1) is 0 Å². The van der Waals surface area contributed by atoms with Crippen LogP contribution in [0.1, 0.15) is 26.3 Å². The minimum Gasteiger partial charge on any atom is -0.493 e. The predicted octanol–water partition coefficient (Wildman–Crippen LogP) is 2.04. The topological polar surface area (TPSA) is 66.8 Å². The summed E-state index contributed by atoms with van der Waals surface area (Å²) in [5, 5.41) is 8.61. The second-order valence-electron chi connectivity index (χ2n) is 6.58. The zero-order chi connectivity index (χ0) is 16.5. The van der Waals surface area contributed by atoms with Crippen LogP contribution in [0, 0.1) is 11.7 Å². The van der Waals surface area contributed by atoms with Gasteiger partial charge >= 0.3 is 11.9 Å². The molecule has 0 bridgehead atoms. The molecular formula is C16H20FNO4. The van der Waals surface area contributed by atoms with Crippen molar-refractivity contribution in [1.82, 2.24) is 4.90 Å². The molecule has 6 heteroatoms. The summed E-state index contributed by atoms with van der Waals surface area (Å²) >= 11 is 0. The summed E-state index contributed by atoms with van der Waals surface area (Å²) in [7, 11) is 0. The lowest BCUT2D eigenvalue weighted by atomic mass is 9.86. The predicted molar refractivity (Wildman–Crippen MR) is 78.3 cm³/mol. The summed E-state index contributed by atoms with van der Waals surface area (Å²) in [5.41, 5.74) is 0.535. The van der Waals surface area contributed by atoms with Crippen molar-refractivity contribution in [2.24, 2.45) is 5.92 Å². The standard InChI is InChI=1S/C16H20FNO4/c1-16(2,3)12-6-11(17)4-5-13(12)22-9-10-7-18(8-10)14(19)15(20)21/h4-6,10H,7-9H2,1-3H3,(H,20,21). The van der Waals surface area contributed by atoms with E-state index in [-0.39, 0.29) is 17.2 Å². The van der Waals surface area contributed by atoms with Crippen LogP contribution in [-0.2, 0) is 15.0 Å². The molecule has 0 saturated carbocycles. The highest BCUT2D eigenvalue weighted by Crippen LogP contribution is 2.32. The van der Waals surface area contributed by atoms with Crippen molar-refractivity contribution in [2.45, 2.75) is 26.2 Å². The molecule has 0 spiro atoms. The number of carbonyl (C=O) groups excluding carboxylic acids is 1. The van der Waals surface area contributed by atoms with Crippen molar-refractivity contribution < 1.29 is 23.8 Å². The van der Waals surface area contributed by atoms with Gasteiger partial charge in [-0.1, -0.05) is 20.8 Å². The lowest BCUT2D eigenvalue weighted by Crippen LogP contribution is -2.54. The number of benzene rings is 1. The Balaban J connectivity index is 1.94. The molecule has 0 unspecified atom stereocenters. The van der Waals surface area contributed by atoms with Crippen molar-refractivity contribution >= 4 is 11.9 Å². The fourth-order valence-corrected chi connectivity index (χ4v) is 2.40. The second-order valence-corrected chi connectivity index (χ2v) is 6.58. The quantitative estimate of drug-likeness (QED) is 0.868. The third-order valence-electron chi connectivity index (χ3n) is 3.65. The Morgan fingerprint density at radius 1 is 1.36 bits per heavy atom. The van der Waals surface area contributed by atoms with E-state index in [9.17, 15) is 14.0 Å². The minimum atomic E-state index is -1.44. The maximum Gasteiger partial charge on any atom is 0.394 e. The number of likely N-dealkylation sites (tertiary alicyclic amines) is 1. The number of halogens is 1. The van der Waals surface area contributed by atoms with E-state index in [0.29, 0.717) is 25.4 Å². The van der Waals surface area contributed by atoms with Crippen molar-refractivity contribution in [3.05, 3.63) is 29.6 Å². The van der Waals surface area contributed by atoms with E-state index in [1.54, 1.807) is 6.07 Å². The van der Waals surface area contributed by atoms with Crippen LogP contribution >= 0.6 is 0 Å². The van der Waals surface area contributed by atoms with Crippen LogP contribution in [0.15, 0.2) is 18.2 Å². The number of nitrogens with zero attached hydrogens (tertiary/aromatic N) is 1. The third-order valence-corrected chi connectivity index (χ3v) is 3.65. The molecule has 1 fully saturated rings. The normalized spacial score (nSPS) is 15.4. The van der Waals surface area contributed by atoms with E-state index in [1.165, 1.54) is 17.0 Å². The Kier molecular flexibility index (Phi) is 4.39. The van der Waals surface area contributed by atoms with Gasteiger partial charge in [0.05, 0.1) is 6.61 Å². The first-order valence-electron chi connectivity index (χ1n) is 7.13. The summed E-state index contributed by atoms with van der Waals surface area (Å²) in [6.45, 7) is 7.05. The van der Waals surface area contributed by atoms with Gasteiger partial charge in [-0.05, 0) is 23.6 Å². The number of aliphatic carboxylic acids is 1. The molecule has 0 aromatic heterocycles. The molecule has 0 atom stereocenters. The van der Waals surface area contributed by atoms with E-state index < -0.39 is 11.9 Å². The molecule has 1 aromatic carbocycles. The van der Waals surface area contributed by atoms with Gasteiger partial charge < -0.3 is 14.7 Å². The minimum absolute atomic E-state index is 0.0983. The van der Waals surface area contributed by atoms with Gasteiger partial charge in [-0.3, -0.25) is 4.79 Å². The molecule has 22 heavy (non-hydrogen) atoms. The number of rotatable bonds is 3. The number of carbonyl (C=O) groups is 2. The van der Waals surface area contributed by atoms with Crippen molar-refractivity contribution in [1.29, 1.82) is 0 Å². The van der Waals surface area contributed by atoms with Crippen molar-refractivity contribution in [3.63, 3.8) is 0 Å². The Morgan fingerprint density at radius 2 is 2.00 bits per heavy atom. The summed E-state index contributed by atoms with van der Waals surface area (Å²) in [5.74, 6) is -1.90. The molecule has 2 rings (SSSR count). The van der Waals surface area contributed by atoms with Crippen LogP contribution < -0.4 is 4.74 Å². The zero-order valence-electron chi connectivity index (χ0n) is 12.9. The van der Waals surface area contributed by atoms with E-state index in [4.69, 9.17) is 9.84 Å². The first kappa shape index (κ1) is 16.3. The Bertz CT molecular complexity index is 588. The second kappa shape index (κ2) is 5.94. The zero-order valence-corrected chi connectivity index (χ0v) is 12.9. The van der Waals surface area contributed by atoms with Crippen LogP contribution in [0.3, 0.4) is 0 Å². The Morgan fingerprint density at radius 3 is 2.55 bits per heavy atom. The number of carboxylic acid groups (broad SMARTS) is 1. The molecule has 1 saturated heterocycles. The summed E-state index contributed by atoms with van der Waals surface area (Å²) in [4.78, 5) is 23.0. The molecule has 1 aliphatic rings. The van der Waals surface area contributed by atoms with Crippen LogP contribution in [0.4, 0.5) is 4.39 Å². The third kappa shape index (κ3) is 3.55. The SMILES string of the molecule is CC(C)(C)c1cc(F)ccc1OCC1CN(C(=O)C(=O)O)C1. The number of carboxylic acids is 1. The number of hydrogen-bond acceptors (Lipinski definition) is 3. The first-order chi connectivity index (χ1) is 10.2. The first-order valence-corrected chi connectivity index (χ1v) is 7.13. The fraction of sp³-hybridized carbons (Fsp3) is 0.500. The molecule has 1 aromatic rings. The van der Waals surface area contributed by atoms with E-state index >= 15 is 0 Å². The molecule has 1 aliphatic heterocycles. The van der Waals surface area contributed by atoms with Gasteiger partial charge in [0.25, 0.3) is 0 Å². The summed E-state index contributed by atoms with van der Waals surface area (Å²) < 4.78 is 19.2. The van der Waals surface area contributed by atoms with E-state index in [1.807, 2.05) is 20.8 Å². The van der Waals surface area contributed by atoms with E-state index in [0.717, 1.165) is 5.56 Å². The smallest absolute Gasteiger partial charge is 0.394 e. The average Bonchev–Trinajstić information content (AvgIpc) is 2.36. The van der Waals surface area contributed by atoms with Gasteiger partial charge in [-0.2, -0.15) is 0 Å². The van der Waals surface area contributed by atoms with Crippen LogP contribution in [0.2, 0.25) is 0 Å². The fourth-order valence-electron chi connectivity index (χ4n) is 2.40. The molecule has 1 heterocycles. The highest BCUT2D eigenvalue weighted by molar-refractivity contribution is 6.31. The summed E-state index contributed by atoms with van der Waals surface area (Å²) in [6.07, 6.45) is 0. The monoisotopic (exact) mass is 309 g/mol. The highest BCUT2D eigenvalue weighted by atomic mass is 19.1. The van der Waals surface area contributed by atoms with Crippen molar-refractivity contribution in [3.8, 4) is 5.75 Å². The number of ether oxygens (including phenoxy) is 1. The maximum atomic E-state index is 13.4. The molecule has 120 valence electrons. The molecule has 0 radical (unpaired) electrons. The number of amides is 1. The molecule has 5 nitrogen and oxygen atoms in total. The largest absolute Gasteiger partial charge is 0.493 e. The van der Waals surface area contributed by atoms with Gasteiger partial charge in [0.1, 0.15) is 11.6 Å². The Labute approximate surface area is 128 Å². The average molecular weight is 309 g/mol. The number of hydrogen-bond donors (Lipinski definition) is 1. The van der Waals surface area contributed by atoms with Crippen LogP contribution in [0.5, 0.6) is 5.75 Å². The maximum absolute atomic E-state index is 13.4. The van der Waals surface area contributed by atoms with Crippen LogP contribution in [-0.4, -0.2) is 41.6 Å². The van der Waals surface area contributed by atoms with Gasteiger partial charge in [0.15, 0.2) is 0 Å². The van der Waals surface area contributed by atoms with Gasteiger partial charge in [-0.25, -0.2) is 9.18 Å². The molecule has 1 amide bonds. The van der Waals surface area contributed by atoms with Crippen molar-refractivity contribution in [2.75, 3.05) is 19.7 Å². The summed E-state index contributed by atoms with van der Waals surface area (Å²) in [6, 6.07) is 4.43.